The van der Waals surface area contributed by atoms with Gasteiger partial charge >= 0.3 is 0 Å². The van der Waals surface area contributed by atoms with Crippen LogP contribution in [-0.2, 0) is 9.59 Å². The molecule has 1 N–H and O–H groups in total. The molecular formula is C12H17N3O4. The van der Waals surface area contributed by atoms with Crippen molar-refractivity contribution >= 4 is 17.5 Å². The molecule has 0 fully saturated rings. The first-order chi connectivity index (χ1) is 8.90. The summed E-state index contributed by atoms with van der Waals surface area (Å²) in [6.45, 7) is 5.24. The summed E-state index contributed by atoms with van der Waals surface area (Å²) in [6, 6.07) is 0. The van der Waals surface area contributed by atoms with Crippen LogP contribution < -0.4 is 5.32 Å². The highest BCUT2D eigenvalue weighted by molar-refractivity contribution is 6.14. The van der Waals surface area contributed by atoms with Crippen LogP contribution in [0.25, 0.3) is 0 Å². The van der Waals surface area contributed by atoms with E-state index in [2.05, 4.69) is 10.3 Å². The molecule has 7 nitrogen and oxygen atoms in total. The summed E-state index contributed by atoms with van der Waals surface area (Å²) in [5, 5.41) is 13.5. The smallest absolute Gasteiger partial charge is 0.290 e. The van der Waals surface area contributed by atoms with Crippen LogP contribution >= 0.6 is 0 Å². The maximum absolute atomic E-state index is 11.9. The predicted molar refractivity (Wildman–Crippen MR) is 69.2 cm³/mol. The van der Waals surface area contributed by atoms with Gasteiger partial charge in [0.2, 0.25) is 5.91 Å². The number of unbranched alkanes of at least 4 members (excludes halogenated alkanes) is 1. The molecule has 0 aromatic heterocycles. The third kappa shape index (κ3) is 3.24. The van der Waals surface area contributed by atoms with E-state index in [1.165, 1.54) is 13.8 Å². The van der Waals surface area contributed by atoms with Crippen LogP contribution in [0.3, 0.4) is 0 Å². The molecule has 0 radical (unpaired) electrons. The Balaban J connectivity index is 2.98. The lowest BCUT2D eigenvalue weighted by Crippen LogP contribution is -2.39. The predicted octanol–water partition coefficient (Wildman–Crippen LogP) is 1.07. The highest BCUT2D eigenvalue weighted by Gasteiger charge is 2.38. The Bertz CT molecular complexity index is 479. The van der Waals surface area contributed by atoms with Crippen molar-refractivity contribution in [3.63, 3.8) is 0 Å². The summed E-state index contributed by atoms with van der Waals surface area (Å²) < 4.78 is 0. The Morgan fingerprint density at radius 3 is 2.63 bits per heavy atom. The summed E-state index contributed by atoms with van der Waals surface area (Å²) >= 11 is 0. The summed E-state index contributed by atoms with van der Waals surface area (Å²) in [5.74, 6) is -2.35. The minimum Gasteiger partial charge on any atom is -0.355 e. The molecule has 0 aromatic rings. The van der Waals surface area contributed by atoms with Crippen molar-refractivity contribution in [3.8, 4) is 0 Å². The van der Waals surface area contributed by atoms with Crippen LogP contribution in [0.2, 0.25) is 0 Å². The molecular weight excluding hydrogens is 250 g/mol. The van der Waals surface area contributed by atoms with Crippen molar-refractivity contribution in [2.24, 2.45) is 10.9 Å². The largest absolute Gasteiger partial charge is 0.355 e. The molecule has 1 atom stereocenters. The van der Waals surface area contributed by atoms with Crippen molar-refractivity contribution in [3.05, 3.63) is 21.4 Å². The second kappa shape index (κ2) is 6.21. The molecule has 0 saturated carbocycles. The first-order valence-electron chi connectivity index (χ1n) is 6.12. The third-order valence-corrected chi connectivity index (χ3v) is 2.95. The minimum atomic E-state index is -1.18. The van der Waals surface area contributed by atoms with Crippen molar-refractivity contribution < 1.29 is 14.5 Å². The van der Waals surface area contributed by atoms with Gasteiger partial charge in [-0.05, 0) is 20.3 Å². The fourth-order valence-corrected chi connectivity index (χ4v) is 1.97. The van der Waals surface area contributed by atoms with Crippen LogP contribution in [0.5, 0.6) is 0 Å². The SMILES string of the molecule is CCCCNC(=O)[C@@H]1C(=O)N=C(C)C([N+](=O)[O-])=C1C. The molecule has 0 aromatic carbocycles. The lowest BCUT2D eigenvalue weighted by Gasteiger charge is -2.18. The van der Waals surface area contributed by atoms with Gasteiger partial charge in [-0.1, -0.05) is 13.3 Å². The zero-order chi connectivity index (χ0) is 14.6. The molecule has 104 valence electrons. The van der Waals surface area contributed by atoms with Crippen molar-refractivity contribution in [2.45, 2.75) is 33.6 Å². The molecule has 0 aliphatic carbocycles. The Morgan fingerprint density at radius 1 is 1.47 bits per heavy atom. The zero-order valence-corrected chi connectivity index (χ0v) is 11.2. The number of allylic oxidation sites excluding steroid dienone is 1. The van der Waals surface area contributed by atoms with Gasteiger partial charge in [0.1, 0.15) is 11.6 Å². The Hall–Kier alpha value is -2.05. The number of dihydropyridines is 1. The molecule has 19 heavy (non-hydrogen) atoms. The number of carbonyl (C=O) groups is 2. The first kappa shape index (κ1) is 15.0. The fraction of sp³-hybridized carbons (Fsp3) is 0.583. The number of hydrogen-bond acceptors (Lipinski definition) is 4. The average molecular weight is 267 g/mol. The van der Waals surface area contributed by atoms with E-state index in [-0.39, 0.29) is 17.0 Å². The van der Waals surface area contributed by atoms with Crippen LogP contribution in [0.15, 0.2) is 16.3 Å². The van der Waals surface area contributed by atoms with Gasteiger partial charge in [-0.2, -0.15) is 0 Å². The second-order valence-corrected chi connectivity index (χ2v) is 4.40. The van der Waals surface area contributed by atoms with Gasteiger partial charge in [0, 0.05) is 12.1 Å². The molecule has 1 aliphatic rings. The highest BCUT2D eigenvalue weighted by atomic mass is 16.6. The maximum Gasteiger partial charge on any atom is 0.290 e. The quantitative estimate of drug-likeness (QED) is 0.348. The zero-order valence-electron chi connectivity index (χ0n) is 11.2. The van der Waals surface area contributed by atoms with E-state index >= 15 is 0 Å². The number of hydrogen-bond donors (Lipinski definition) is 1. The lowest BCUT2D eigenvalue weighted by atomic mass is 9.92. The van der Waals surface area contributed by atoms with E-state index in [9.17, 15) is 19.7 Å². The van der Waals surface area contributed by atoms with E-state index in [1.54, 1.807) is 0 Å². The number of nitro groups is 1. The highest BCUT2D eigenvalue weighted by Crippen LogP contribution is 2.23. The third-order valence-electron chi connectivity index (χ3n) is 2.95. The molecule has 2 amide bonds. The van der Waals surface area contributed by atoms with E-state index in [0.29, 0.717) is 6.54 Å². The van der Waals surface area contributed by atoms with E-state index in [1.807, 2.05) is 6.92 Å². The average Bonchev–Trinajstić information content (AvgIpc) is 2.27. The summed E-state index contributed by atoms with van der Waals surface area (Å²) in [4.78, 5) is 37.6. The van der Waals surface area contributed by atoms with Crippen LogP contribution in [-0.4, -0.2) is 29.0 Å². The first-order valence-corrected chi connectivity index (χ1v) is 6.12. The van der Waals surface area contributed by atoms with Crippen molar-refractivity contribution in [1.82, 2.24) is 5.32 Å². The van der Waals surface area contributed by atoms with Gasteiger partial charge in [0.05, 0.1) is 4.92 Å². The number of aliphatic imine (C=N–C) groups is 1. The summed E-state index contributed by atoms with van der Waals surface area (Å²) in [6.07, 6.45) is 1.70. The molecule has 0 bridgehead atoms. The van der Waals surface area contributed by atoms with Gasteiger partial charge in [-0.15, -0.1) is 0 Å². The van der Waals surface area contributed by atoms with Gasteiger partial charge in [-0.25, -0.2) is 4.99 Å². The van der Waals surface area contributed by atoms with E-state index in [4.69, 9.17) is 0 Å². The standard InChI is InChI=1S/C12H17N3O4/c1-4-5-6-13-11(16)9-7(2)10(15(18)19)8(3)14-12(9)17/h9H,4-6H2,1-3H3,(H,13,16)/t9-/m1/s1. The normalized spacial score (nSPS) is 19.2. The molecule has 0 unspecified atom stereocenters. The van der Waals surface area contributed by atoms with Crippen LogP contribution in [0.4, 0.5) is 0 Å². The van der Waals surface area contributed by atoms with Gasteiger partial charge < -0.3 is 5.32 Å². The molecule has 7 heteroatoms. The van der Waals surface area contributed by atoms with Crippen LogP contribution in [0, 0.1) is 16.0 Å². The van der Waals surface area contributed by atoms with Gasteiger partial charge in [0.15, 0.2) is 0 Å². The Kier molecular flexibility index (Phi) is 4.91. The minimum absolute atomic E-state index is 0.0464. The number of carbonyl (C=O) groups excluding carboxylic acids is 2. The molecule has 1 heterocycles. The van der Waals surface area contributed by atoms with E-state index in [0.717, 1.165) is 12.8 Å². The summed E-state index contributed by atoms with van der Waals surface area (Å²) in [7, 11) is 0. The lowest BCUT2D eigenvalue weighted by molar-refractivity contribution is -0.416. The van der Waals surface area contributed by atoms with Gasteiger partial charge in [0.25, 0.3) is 11.6 Å². The number of amides is 2. The van der Waals surface area contributed by atoms with E-state index < -0.39 is 22.7 Å². The topological polar surface area (TPSA) is 102 Å². The summed E-state index contributed by atoms with van der Waals surface area (Å²) in [5.41, 5.74) is -0.0446. The van der Waals surface area contributed by atoms with Gasteiger partial charge in [-0.3, -0.25) is 19.7 Å². The monoisotopic (exact) mass is 267 g/mol. The van der Waals surface area contributed by atoms with Crippen molar-refractivity contribution in [1.29, 1.82) is 0 Å². The maximum atomic E-state index is 11.9. The Labute approximate surface area is 110 Å². The number of rotatable bonds is 5. The number of nitrogens with zero attached hydrogens (tertiary/aromatic N) is 2. The fourth-order valence-electron chi connectivity index (χ4n) is 1.97. The van der Waals surface area contributed by atoms with Crippen molar-refractivity contribution in [2.75, 3.05) is 6.54 Å². The van der Waals surface area contributed by atoms with Crippen LogP contribution in [0.1, 0.15) is 33.6 Å². The molecule has 0 saturated heterocycles. The molecule has 1 rings (SSSR count). The molecule has 0 spiro atoms. The Morgan fingerprint density at radius 2 is 2.11 bits per heavy atom. The second-order valence-electron chi connectivity index (χ2n) is 4.40. The molecule has 1 aliphatic heterocycles. The number of nitrogens with one attached hydrogen (secondary N) is 1.